The van der Waals surface area contributed by atoms with Crippen LogP contribution in [0, 0.1) is 0 Å². The SMILES string of the molecule is CC(=O)NCCC[N+](C)(C)CCCC[N+](C)(C)CCCNC(C)=O.[Br-].[Br-]. The summed E-state index contributed by atoms with van der Waals surface area (Å²) in [5.41, 5.74) is 0. The van der Waals surface area contributed by atoms with Gasteiger partial charge in [-0.2, -0.15) is 0 Å². The normalized spacial score (nSPS) is 11.2. The molecule has 0 bridgehead atoms. The molecule has 0 saturated carbocycles. The summed E-state index contributed by atoms with van der Waals surface area (Å²) in [6, 6.07) is 0. The van der Waals surface area contributed by atoms with Gasteiger partial charge in [0.15, 0.2) is 0 Å². The van der Waals surface area contributed by atoms with E-state index in [2.05, 4.69) is 38.8 Å². The van der Waals surface area contributed by atoms with E-state index in [1.54, 1.807) is 13.8 Å². The van der Waals surface area contributed by atoms with E-state index in [0.717, 1.165) is 48.0 Å². The second kappa shape index (κ2) is 15.8. The zero-order valence-electron chi connectivity index (χ0n) is 17.5. The third kappa shape index (κ3) is 20.1. The van der Waals surface area contributed by atoms with Crippen molar-refractivity contribution in [2.75, 3.05) is 67.5 Å². The molecule has 0 aliphatic carbocycles. The summed E-state index contributed by atoms with van der Waals surface area (Å²) in [5.74, 6) is 0.109. The predicted octanol–water partition coefficient (Wildman–Crippen LogP) is -5.02. The second-order valence-electron chi connectivity index (χ2n) is 8.15. The zero-order valence-corrected chi connectivity index (χ0v) is 20.7. The summed E-state index contributed by atoms with van der Waals surface area (Å²) in [5, 5.41) is 5.72. The Hall–Kier alpha value is -0.180. The van der Waals surface area contributed by atoms with Gasteiger partial charge in [-0.3, -0.25) is 9.59 Å². The molecule has 0 radical (unpaired) electrons. The molecule has 0 aliphatic heterocycles. The molecular formula is C18H40Br2N4O2. The first-order valence-corrected chi connectivity index (χ1v) is 9.17. The largest absolute Gasteiger partial charge is 1.00 e. The van der Waals surface area contributed by atoms with Crippen LogP contribution in [0.5, 0.6) is 0 Å². The number of quaternary nitrogens is 2. The quantitative estimate of drug-likeness (QED) is 0.195. The van der Waals surface area contributed by atoms with E-state index in [0.29, 0.717) is 0 Å². The van der Waals surface area contributed by atoms with Gasteiger partial charge in [0.25, 0.3) is 0 Å². The number of nitrogens with one attached hydrogen (secondary N) is 2. The van der Waals surface area contributed by atoms with Gasteiger partial charge in [-0.15, -0.1) is 0 Å². The van der Waals surface area contributed by atoms with E-state index in [1.165, 1.54) is 25.9 Å². The molecule has 26 heavy (non-hydrogen) atoms. The molecular weight excluding hydrogens is 464 g/mol. The second-order valence-corrected chi connectivity index (χ2v) is 8.15. The van der Waals surface area contributed by atoms with Crippen LogP contribution in [0.3, 0.4) is 0 Å². The number of halogens is 2. The van der Waals surface area contributed by atoms with Crippen molar-refractivity contribution in [3.05, 3.63) is 0 Å². The zero-order chi connectivity index (χ0) is 18.6. The van der Waals surface area contributed by atoms with Crippen molar-refractivity contribution in [1.29, 1.82) is 0 Å². The highest BCUT2D eigenvalue weighted by atomic mass is 79.9. The number of hydrogen-bond donors (Lipinski definition) is 2. The number of nitrogens with zero attached hydrogens (tertiary/aromatic N) is 2. The Kier molecular flexibility index (Phi) is 18.6. The molecule has 0 atom stereocenters. The summed E-state index contributed by atoms with van der Waals surface area (Å²) in [6.45, 7) is 9.21. The molecule has 0 rings (SSSR count). The summed E-state index contributed by atoms with van der Waals surface area (Å²) in [4.78, 5) is 21.7. The highest BCUT2D eigenvalue weighted by molar-refractivity contribution is 5.72. The van der Waals surface area contributed by atoms with Crippen molar-refractivity contribution in [2.45, 2.75) is 39.5 Å². The lowest BCUT2D eigenvalue weighted by atomic mass is 10.2. The smallest absolute Gasteiger partial charge is 0.216 e. The van der Waals surface area contributed by atoms with Crippen molar-refractivity contribution in [1.82, 2.24) is 10.6 Å². The standard InChI is InChI=1S/C18H38N4O2.2BrH/c1-17(23)19-11-9-15-21(3,4)13-7-8-14-22(5,6)16-10-12-20-18(2)24;;/h7-16H2,1-6H3;2*1H. The van der Waals surface area contributed by atoms with Crippen LogP contribution in [-0.2, 0) is 9.59 Å². The Morgan fingerprint density at radius 1 is 0.615 bits per heavy atom. The molecule has 2 N–H and O–H groups in total. The summed E-state index contributed by atoms with van der Waals surface area (Å²) < 4.78 is 2.02. The first kappa shape index (κ1) is 30.5. The van der Waals surface area contributed by atoms with Gasteiger partial charge in [-0.1, -0.05) is 0 Å². The molecule has 0 unspecified atom stereocenters. The van der Waals surface area contributed by atoms with Gasteiger partial charge in [-0.05, 0) is 0 Å². The third-order valence-electron chi connectivity index (χ3n) is 4.41. The molecule has 0 heterocycles. The van der Waals surface area contributed by atoms with Gasteiger partial charge >= 0.3 is 0 Å². The maximum absolute atomic E-state index is 10.9. The number of rotatable bonds is 13. The van der Waals surface area contributed by atoms with Gasteiger partial charge in [0, 0.05) is 52.6 Å². The minimum Gasteiger partial charge on any atom is -1.00 e. The summed E-state index contributed by atoms with van der Waals surface area (Å²) in [7, 11) is 9.06. The monoisotopic (exact) mass is 502 g/mol. The maximum Gasteiger partial charge on any atom is 0.216 e. The van der Waals surface area contributed by atoms with E-state index in [9.17, 15) is 9.59 Å². The summed E-state index contributed by atoms with van der Waals surface area (Å²) in [6.07, 6.45) is 4.50. The van der Waals surface area contributed by atoms with E-state index >= 15 is 0 Å². The van der Waals surface area contributed by atoms with Crippen LogP contribution in [0.15, 0.2) is 0 Å². The Labute approximate surface area is 181 Å². The van der Waals surface area contributed by atoms with Crippen LogP contribution in [-0.4, -0.2) is 88.2 Å². The molecule has 0 aromatic heterocycles. The van der Waals surface area contributed by atoms with Crippen molar-refractivity contribution in [2.24, 2.45) is 0 Å². The van der Waals surface area contributed by atoms with Gasteiger partial charge in [-0.25, -0.2) is 0 Å². The van der Waals surface area contributed by atoms with Crippen molar-refractivity contribution < 1.29 is 52.5 Å². The number of amides is 2. The average molecular weight is 504 g/mol. The Balaban J connectivity index is -0.00000264. The molecule has 2 amide bonds. The number of unbranched alkanes of at least 4 members (excludes halogenated alkanes) is 1. The van der Waals surface area contributed by atoms with E-state index in [1.807, 2.05) is 0 Å². The first-order valence-electron chi connectivity index (χ1n) is 9.17. The minimum atomic E-state index is 0. The van der Waals surface area contributed by atoms with Crippen LogP contribution in [0.25, 0.3) is 0 Å². The van der Waals surface area contributed by atoms with Crippen molar-refractivity contribution >= 4 is 11.8 Å². The number of hydrogen-bond acceptors (Lipinski definition) is 2. The van der Waals surface area contributed by atoms with Crippen LogP contribution < -0.4 is 44.6 Å². The lowest BCUT2D eigenvalue weighted by Crippen LogP contribution is -3.00. The molecule has 0 aromatic rings. The molecule has 0 saturated heterocycles. The number of carbonyl (C=O) groups is 2. The predicted molar refractivity (Wildman–Crippen MR) is 99.5 cm³/mol. The molecule has 0 aliphatic rings. The minimum absolute atomic E-state index is 0. The third-order valence-corrected chi connectivity index (χ3v) is 4.41. The van der Waals surface area contributed by atoms with Gasteiger partial charge in [0.05, 0.1) is 54.4 Å². The van der Waals surface area contributed by atoms with Crippen molar-refractivity contribution in [3.63, 3.8) is 0 Å². The molecule has 6 nitrogen and oxygen atoms in total. The molecule has 0 spiro atoms. The average Bonchev–Trinajstić information content (AvgIpc) is 2.44. The van der Waals surface area contributed by atoms with Gasteiger partial charge in [0.2, 0.25) is 11.8 Å². The molecule has 0 aromatic carbocycles. The summed E-state index contributed by atoms with van der Waals surface area (Å²) >= 11 is 0. The van der Waals surface area contributed by atoms with Gasteiger partial charge in [0.1, 0.15) is 0 Å². The Bertz CT molecular complexity index is 355. The fourth-order valence-corrected chi connectivity index (χ4v) is 2.85. The first-order chi connectivity index (χ1) is 11.0. The van der Waals surface area contributed by atoms with Crippen molar-refractivity contribution in [3.8, 4) is 0 Å². The van der Waals surface area contributed by atoms with Crippen LogP contribution >= 0.6 is 0 Å². The van der Waals surface area contributed by atoms with E-state index in [4.69, 9.17) is 0 Å². The Morgan fingerprint density at radius 3 is 1.15 bits per heavy atom. The van der Waals surface area contributed by atoms with E-state index in [-0.39, 0.29) is 45.8 Å². The number of carbonyl (C=O) groups excluding carboxylic acids is 2. The highest BCUT2D eigenvalue weighted by Gasteiger charge is 2.17. The molecule has 8 heteroatoms. The van der Waals surface area contributed by atoms with Crippen LogP contribution in [0.1, 0.15) is 39.5 Å². The van der Waals surface area contributed by atoms with Crippen LogP contribution in [0.2, 0.25) is 0 Å². The highest BCUT2D eigenvalue weighted by Crippen LogP contribution is 2.07. The maximum atomic E-state index is 10.9. The fourth-order valence-electron chi connectivity index (χ4n) is 2.85. The van der Waals surface area contributed by atoms with Gasteiger partial charge < -0.3 is 53.6 Å². The topological polar surface area (TPSA) is 58.2 Å². The lowest BCUT2D eigenvalue weighted by molar-refractivity contribution is -0.896. The molecule has 158 valence electrons. The van der Waals surface area contributed by atoms with Crippen LogP contribution in [0.4, 0.5) is 0 Å². The fraction of sp³-hybridized carbons (Fsp3) is 0.889. The Morgan fingerprint density at radius 2 is 0.885 bits per heavy atom. The molecule has 0 fully saturated rings. The van der Waals surface area contributed by atoms with E-state index < -0.39 is 0 Å². The lowest BCUT2D eigenvalue weighted by Gasteiger charge is -2.32.